The van der Waals surface area contributed by atoms with Crippen LogP contribution in [0.2, 0.25) is 0 Å². The monoisotopic (exact) mass is 333 g/mol. The highest BCUT2D eigenvalue weighted by molar-refractivity contribution is 5.98. The molecule has 24 heavy (non-hydrogen) atoms. The maximum atomic E-state index is 12.2. The van der Waals surface area contributed by atoms with E-state index in [2.05, 4.69) is 5.32 Å². The molecule has 0 aromatic heterocycles. The largest absolute Gasteiger partial charge is 0.460 e. The first kappa shape index (κ1) is 19.9. The highest BCUT2D eigenvalue weighted by Gasteiger charge is 2.26. The number of hydrogen-bond acceptors (Lipinski definition) is 4. The number of Topliss-reactive ketones (excluding diaryl/α,β-unsaturated/α-hetero) is 1. The standard InChI is InChI=1S/C19H27NO4/c1-12-7-9-15(10-8-12)17(22)20-14(3)16(21)11-13(2)18(23)24-19(4,5)6/h7-10,13-14H,11H2,1-6H3,(H,20,22)/t13-,14+/m1/s1. The van der Waals surface area contributed by atoms with Crippen LogP contribution in [0.25, 0.3) is 0 Å². The lowest BCUT2D eigenvalue weighted by Gasteiger charge is -2.22. The Morgan fingerprint density at radius 2 is 1.62 bits per heavy atom. The van der Waals surface area contributed by atoms with Crippen molar-refractivity contribution in [3.63, 3.8) is 0 Å². The molecule has 1 aromatic carbocycles. The van der Waals surface area contributed by atoms with Gasteiger partial charge in [-0.15, -0.1) is 0 Å². The summed E-state index contributed by atoms with van der Waals surface area (Å²) in [4.78, 5) is 36.3. The molecular formula is C19H27NO4. The molecule has 0 aliphatic carbocycles. The van der Waals surface area contributed by atoms with Crippen molar-refractivity contribution < 1.29 is 19.1 Å². The average molecular weight is 333 g/mol. The molecule has 0 aliphatic heterocycles. The van der Waals surface area contributed by atoms with Crippen molar-refractivity contribution in [3.8, 4) is 0 Å². The Labute approximate surface area is 143 Å². The lowest BCUT2D eigenvalue weighted by atomic mass is 10.0. The summed E-state index contributed by atoms with van der Waals surface area (Å²) in [6.07, 6.45) is 0.0320. The molecule has 0 saturated heterocycles. The van der Waals surface area contributed by atoms with E-state index in [0.29, 0.717) is 5.56 Å². The Balaban J connectivity index is 2.56. The molecule has 0 fully saturated rings. The van der Waals surface area contributed by atoms with Gasteiger partial charge in [-0.1, -0.05) is 24.6 Å². The van der Waals surface area contributed by atoms with Gasteiger partial charge in [0.15, 0.2) is 5.78 Å². The van der Waals surface area contributed by atoms with Gasteiger partial charge in [0.25, 0.3) is 5.91 Å². The summed E-state index contributed by atoms with van der Waals surface area (Å²) in [5.41, 5.74) is 0.974. The number of esters is 1. The van der Waals surface area contributed by atoms with Gasteiger partial charge in [0.2, 0.25) is 0 Å². The predicted molar refractivity (Wildman–Crippen MR) is 92.7 cm³/mol. The average Bonchev–Trinajstić information content (AvgIpc) is 2.45. The highest BCUT2D eigenvalue weighted by atomic mass is 16.6. The van der Waals surface area contributed by atoms with Gasteiger partial charge in [0.1, 0.15) is 5.60 Å². The molecule has 0 saturated carbocycles. The minimum absolute atomic E-state index is 0.0320. The van der Waals surface area contributed by atoms with Gasteiger partial charge < -0.3 is 10.1 Å². The van der Waals surface area contributed by atoms with Crippen molar-refractivity contribution in [2.45, 2.75) is 59.6 Å². The molecule has 2 atom stereocenters. The van der Waals surface area contributed by atoms with Crippen molar-refractivity contribution >= 4 is 17.7 Å². The van der Waals surface area contributed by atoms with E-state index in [9.17, 15) is 14.4 Å². The minimum atomic E-state index is -0.663. The molecule has 0 bridgehead atoms. The number of nitrogens with one attached hydrogen (secondary N) is 1. The molecule has 0 aliphatic rings. The molecule has 1 aromatic rings. The third-order valence-electron chi connectivity index (χ3n) is 3.46. The van der Waals surface area contributed by atoms with Crippen LogP contribution in [0.1, 0.15) is 57.0 Å². The summed E-state index contributed by atoms with van der Waals surface area (Å²) in [7, 11) is 0. The zero-order valence-electron chi connectivity index (χ0n) is 15.3. The Bertz CT molecular complexity index is 599. The molecule has 0 unspecified atom stereocenters. The first-order chi connectivity index (χ1) is 11.0. The third-order valence-corrected chi connectivity index (χ3v) is 3.46. The summed E-state index contributed by atoms with van der Waals surface area (Å²) in [5.74, 6) is -1.46. The van der Waals surface area contributed by atoms with Crippen LogP contribution in [0.3, 0.4) is 0 Å². The van der Waals surface area contributed by atoms with Gasteiger partial charge in [-0.05, 0) is 46.8 Å². The van der Waals surface area contributed by atoms with Gasteiger partial charge in [0, 0.05) is 12.0 Å². The van der Waals surface area contributed by atoms with Crippen molar-refractivity contribution in [2.24, 2.45) is 5.92 Å². The first-order valence-corrected chi connectivity index (χ1v) is 8.12. The normalized spacial score (nSPS) is 13.8. The maximum Gasteiger partial charge on any atom is 0.309 e. The van der Waals surface area contributed by atoms with Gasteiger partial charge in [-0.25, -0.2) is 0 Å². The van der Waals surface area contributed by atoms with E-state index in [-0.39, 0.29) is 18.1 Å². The number of ether oxygens (including phenoxy) is 1. The fourth-order valence-corrected chi connectivity index (χ4v) is 2.03. The molecule has 5 nitrogen and oxygen atoms in total. The van der Waals surface area contributed by atoms with Crippen molar-refractivity contribution in [1.29, 1.82) is 0 Å². The van der Waals surface area contributed by atoms with E-state index in [4.69, 9.17) is 4.74 Å². The third kappa shape index (κ3) is 6.52. The second-order valence-corrected chi connectivity index (χ2v) is 7.17. The number of aryl methyl sites for hydroxylation is 1. The second kappa shape index (κ2) is 8.08. The number of ketones is 1. The number of hydrogen-bond donors (Lipinski definition) is 1. The smallest absolute Gasteiger partial charge is 0.309 e. The van der Waals surface area contributed by atoms with E-state index in [0.717, 1.165) is 5.56 Å². The van der Waals surface area contributed by atoms with E-state index in [1.54, 1.807) is 46.8 Å². The summed E-state index contributed by atoms with van der Waals surface area (Å²) in [6.45, 7) is 10.6. The van der Waals surface area contributed by atoms with Crippen LogP contribution < -0.4 is 5.32 Å². The summed E-state index contributed by atoms with van der Waals surface area (Å²) >= 11 is 0. The number of rotatable bonds is 6. The quantitative estimate of drug-likeness (QED) is 0.812. The van der Waals surface area contributed by atoms with Crippen LogP contribution in [-0.2, 0) is 14.3 Å². The predicted octanol–water partition coefficient (Wildman–Crippen LogP) is 3.05. The lowest BCUT2D eigenvalue weighted by molar-refractivity contribution is -0.160. The van der Waals surface area contributed by atoms with E-state index in [1.165, 1.54) is 0 Å². The first-order valence-electron chi connectivity index (χ1n) is 8.12. The maximum absolute atomic E-state index is 12.2. The van der Waals surface area contributed by atoms with Crippen LogP contribution in [0.15, 0.2) is 24.3 Å². The fourth-order valence-electron chi connectivity index (χ4n) is 2.03. The SMILES string of the molecule is Cc1ccc(C(=O)N[C@@H](C)C(=O)C[C@@H](C)C(=O)OC(C)(C)C)cc1. The number of amides is 1. The summed E-state index contributed by atoms with van der Waals surface area (Å²) < 4.78 is 5.26. The Hall–Kier alpha value is -2.17. The number of benzene rings is 1. The molecule has 0 radical (unpaired) electrons. The molecule has 1 N–H and O–H groups in total. The molecule has 1 amide bonds. The highest BCUT2D eigenvalue weighted by Crippen LogP contribution is 2.14. The molecule has 5 heteroatoms. The van der Waals surface area contributed by atoms with Crippen LogP contribution >= 0.6 is 0 Å². The number of carbonyl (C=O) groups excluding carboxylic acids is 3. The van der Waals surface area contributed by atoms with Gasteiger partial charge in [-0.2, -0.15) is 0 Å². The molecule has 132 valence electrons. The van der Waals surface area contributed by atoms with Crippen LogP contribution in [0.5, 0.6) is 0 Å². The van der Waals surface area contributed by atoms with Crippen LogP contribution in [0, 0.1) is 12.8 Å². The van der Waals surface area contributed by atoms with E-state index >= 15 is 0 Å². The molecule has 0 heterocycles. The van der Waals surface area contributed by atoms with Gasteiger partial charge >= 0.3 is 5.97 Å². The summed E-state index contributed by atoms with van der Waals surface area (Å²) in [6, 6.07) is 6.44. The van der Waals surface area contributed by atoms with E-state index < -0.39 is 23.5 Å². The summed E-state index contributed by atoms with van der Waals surface area (Å²) in [5, 5.41) is 2.67. The number of carbonyl (C=O) groups is 3. The Morgan fingerprint density at radius 3 is 2.12 bits per heavy atom. The van der Waals surface area contributed by atoms with Crippen molar-refractivity contribution in [1.82, 2.24) is 5.32 Å². The van der Waals surface area contributed by atoms with Crippen LogP contribution in [-0.4, -0.2) is 29.3 Å². The minimum Gasteiger partial charge on any atom is -0.460 e. The van der Waals surface area contributed by atoms with Crippen LogP contribution in [0.4, 0.5) is 0 Å². The second-order valence-electron chi connectivity index (χ2n) is 7.17. The fraction of sp³-hybridized carbons (Fsp3) is 0.526. The van der Waals surface area contributed by atoms with Crippen molar-refractivity contribution in [3.05, 3.63) is 35.4 Å². The Kier molecular flexibility index (Phi) is 6.70. The molecule has 1 rings (SSSR count). The molecular weight excluding hydrogens is 306 g/mol. The Morgan fingerprint density at radius 1 is 1.08 bits per heavy atom. The zero-order chi connectivity index (χ0) is 18.5. The topological polar surface area (TPSA) is 72.5 Å². The van der Waals surface area contributed by atoms with Crippen molar-refractivity contribution in [2.75, 3.05) is 0 Å². The lowest BCUT2D eigenvalue weighted by Crippen LogP contribution is -2.40. The molecule has 0 spiro atoms. The van der Waals surface area contributed by atoms with Gasteiger partial charge in [-0.3, -0.25) is 14.4 Å². The zero-order valence-corrected chi connectivity index (χ0v) is 15.3. The van der Waals surface area contributed by atoms with Gasteiger partial charge in [0.05, 0.1) is 12.0 Å². The van der Waals surface area contributed by atoms with E-state index in [1.807, 2.05) is 19.1 Å².